The van der Waals surface area contributed by atoms with Gasteiger partial charge in [0.1, 0.15) is 23.0 Å². The molecule has 1 aliphatic rings. The molecule has 0 heterocycles. The van der Waals surface area contributed by atoms with Crippen molar-refractivity contribution in [2.75, 3.05) is 0 Å². The van der Waals surface area contributed by atoms with Gasteiger partial charge in [0.15, 0.2) is 0 Å². The van der Waals surface area contributed by atoms with Gasteiger partial charge in [0.2, 0.25) is 0 Å². The minimum absolute atomic E-state index is 0.147. The number of phenolic OH excluding ortho intramolecular Hbond substituents is 2. The summed E-state index contributed by atoms with van der Waals surface area (Å²) >= 11 is 0. The Labute approximate surface area is 233 Å². The summed E-state index contributed by atoms with van der Waals surface area (Å²) in [6.45, 7) is 3.49. The molecule has 0 saturated heterocycles. The first kappa shape index (κ1) is 27.0. The molecule has 6 nitrogen and oxygen atoms in total. The van der Waals surface area contributed by atoms with Crippen molar-refractivity contribution in [3.05, 3.63) is 117 Å². The maximum absolute atomic E-state index is 12.4. The molecule has 0 amide bonds. The quantitative estimate of drug-likeness (QED) is 0.204. The van der Waals surface area contributed by atoms with Gasteiger partial charge in [0.25, 0.3) is 0 Å². The summed E-state index contributed by atoms with van der Waals surface area (Å²) in [5.74, 6) is 0.492. The third-order valence-corrected chi connectivity index (χ3v) is 7.30. The van der Waals surface area contributed by atoms with Gasteiger partial charge in [0, 0.05) is 38.5 Å². The normalized spacial score (nSPS) is 12.4. The van der Waals surface area contributed by atoms with Gasteiger partial charge in [-0.1, -0.05) is 86.6 Å². The molecule has 0 spiro atoms. The van der Waals surface area contributed by atoms with Gasteiger partial charge in [-0.2, -0.15) is 0 Å². The number of aromatic hydroxyl groups is 2. The Morgan fingerprint density at radius 2 is 0.775 bits per heavy atom. The number of hydrogen-bond acceptors (Lipinski definition) is 6. The van der Waals surface area contributed by atoms with Crippen molar-refractivity contribution < 1.29 is 29.3 Å². The molecule has 2 N–H and O–H groups in total. The minimum Gasteiger partial charge on any atom is -0.507 e. The number of phenols is 2. The molecule has 204 valence electrons. The van der Waals surface area contributed by atoms with E-state index in [0.29, 0.717) is 59.4 Å². The molecule has 4 aromatic rings. The molecular formula is C34H32O6. The summed E-state index contributed by atoms with van der Waals surface area (Å²) in [6, 6.07) is 22.5. The largest absolute Gasteiger partial charge is 0.507 e. The highest BCUT2D eigenvalue weighted by Gasteiger charge is 2.21. The Bertz CT molecular complexity index is 1380. The molecule has 0 saturated carbocycles. The van der Waals surface area contributed by atoms with Crippen molar-refractivity contribution in [2.45, 2.75) is 52.4 Å². The molecule has 0 fully saturated rings. The summed E-state index contributed by atoms with van der Waals surface area (Å²) in [7, 11) is 0. The van der Waals surface area contributed by atoms with Crippen molar-refractivity contribution in [2.24, 2.45) is 0 Å². The van der Waals surface area contributed by atoms with Gasteiger partial charge < -0.3 is 19.7 Å². The summed E-state index contributed by atoms with van der Waals surface area (Å²) in [5, 5.41) is 22.7. The van der Waals surface area contributed by atoms with Crippen LogP contribution < -0.4 is 9.47 Å². The van der Waals surface area contributed by atoms with E-state index in [1.54, 1.807) is 13.8 Å². The molecule has 6 heteroatoms. The van der Waals surface area contributed by atoms with Crippen LogP contribution in [0.5, 0.6) is 23.0 Å². The monoisotopic (exact) mass is 536 g/mol. The van der Waals surface area contributed by atoms with E-state index >= 15 is 0 Å². The first-order valence-electron chi connectivity index (χ1n) is 13.6. The third kappa shape index (κ3) is 5.57. The number of ether oxygens (including phenoxy) is 2. The van der Waals surface area contributed by atoms with Crippen molar-refractivity contribution in [1.29, 1.82) is 0 Å². The number of fused-ring (bicyclic) bond motifs is 8. The summed E-state index contributed by atoms with van der Waals surface area (Å²) < 4.78 is 11.7. The highest BCUT2D eigenvalue weighted by Crippen LogP contribution is 2.38. The Kier molecular flexibility index (Phi) is 7.87. The second-order valence-electron chi connectivity index (χ2n) is 10.0. The maximum atomic E-state index is 12.4. The number of benzene rings is 4. The van der Waals surface area contributed by atoms with Crippen molar-refractivity contribution in [3.8, 4) is 23.0 Å². The lowest BCUT2D eigenvalue weighted by Gasteiger charge is -2.19. The first-order valence-corrected chi connectivity index (χ1v) is 13.6. The highest BCUT2D eigenvalue weighted by atomic mass is 16.5. The fraction of sp³-hybridized carbons (Fsp3) is 0.235. The molecule has 0 aromatic heterocycles. The van der Waals surface area contributed by atoms with Crippen LogP contribution in [0.3, 0.4) is 0 Å². The average Bonchev–Trinajstić information content (AvgIpc) is 2.95. The number of carbonyl (C=O) groups excluding carboxylic acids is 2. The van der Waals surface area contributed by atoms with E-state index < -0.39 is 0 Å². The SMILES string of the molecule is CCC(=O)Oc1c2cccc1Cc1cccc(c1O)Cc1cccc(c1OC(=O)CC)Cc1cccc(c1O)C2. The molecule has 0 aliphatic heterocycles. The van der Waals surface area contributed by atoms with Crippen LogP contribution in [0, 0.1) is 0 Å². The smallest absolute Gasteiger partial charge is 0.310 e. The van der Waals surface area contributed by atoms with E-state index in [1.807, 2.05) is 72.8 Å². The summed E-state index contributed by atoms with van der Waals surface area (Å²) in [4.78, 5) is 24.9. The van der Waals surface area contributed by atoms with Crippen LogP contribution in [0.2, 0.25) is 0 Å². The van der Waals surface area contributed by atoms with Crippen LogP contribution in [0.4, 0.5) is 0 Å². The van der Waals surface area contributed by atoms with Crippen LogP contribution in [-0.2, 0) is 35.3 Å². The molecular weight excluding hydrogens is 504 g/mol. The van der Waals surface area contributed by atoms with Gasteiger partial charge in [0.05, 0.1) is 0 Å². The van der Waals surface area contributed by atoms with Gasteiger partial charge in [-0.05, 0) is 44.5 Å². The number of para-hydroxylation sites is 4. The zero-order valence-corrected chi connectivity index (χ0v) is 22.7. The fourth-order valence-corrected chi connectivity index (χ4v) is 5.15. The highest BCUT2D eigenvalue weighted by molar-refractivity contribution is 5.74. The number of hydrogen-bond donors (Lipinski definition) is 2. The topological polar surface area (TPSA) is 93.1 Å². The maximum Gasteiger partial charge on any atom is 0.310 e. The zero-order valence-electron chi connectivity index (χ0n) is 22.7. The number of carbonyl (C=O) groups is 2. The second-order valence-corrected chi connectivity index (χ2v) is 10.0. The lowest BCUT2D eigenvalue weighted by molar-refractivity contribution is -0.135. The van der Waals surface area contributed by atoms with E-state index in [0.717, 1.165) is 22.3 Å². The lowest BCUT2D eigenvalue weighted by Crippen LogP contribution is -2.11. The molecule has 1 aliphatic carbocycles. The van der Waals surface area contributed by atoms with Crippen LogP contribution in [0.25, 0.3) is 0 Å². The van der Waals surface area contributed by atoms with E-state index in [2.05, 4.69) is 0 Å². The van der Waals surface area contributed by atoms with Gasteiger partial charge in [-0.15, -0.1) is 0 Å². The first-order chi connectivity index (χ1) is 19.4. The van der Waals surface area contributed by atoms with E-state index in [1.165, 1.54) is 0 Å². The van der Waals surface area contributed by atoms with E-state index in [9.17, 15) is 19.8 Å². The van der Waals surface area contributed by atoms with Crippen molar-refractivity contribution >= 4 is 11.9 Å². The van der Waals surface area contributed by atoms with Crippen molar-refractivity contribution in [3.63, 3.8) is 0 Å². The Balaban J connectivity index is 1.72. The molecule has 8 bridgehead atoms. The fourth-order valence-electron chi connectivity index (χ4n) is 5.15. The Morgan fingerprint density at radius 3 is 1.02 bits per heavy atom. The summed E-state index contributed by atoms with van der Waals surface area (Å²) in [5.41, 5.74) is 5.77. The third-order valence-electron chi connectivity index (χ3n) is 7.30. The van der Waals surface area contributed by atoms with Crippen LogP contribution in [0.1, 0.15) is 71.2 Å². The number of esters is 2. The van der Waals surface area contributed by atoms with Crippen molar-refractivity contribution in [1.82, 2.24) is 0 Å². The molecule has 0 radical (unpaired) electrons. The Hall–Kier alpha value is -4.58. The van der Waals surface area contributed by atoms with Gasteiger partial charge in [-0.25, -0.2) is 0 Å². The van der Waals surface area contributed by atoms with Crippen LogP contribution in [-0.4, -0.2) is 22.2 Å². The molecule has 40 heavy (non-hydrogen) atoms. The van der Waals surface area contributed by atoms with E-state index in [4.69, 9.17) is 9.47 Å². The zero-order chi connectivity index (χ0) is 28.2. The second kappa shape index (κ2) is 11.7. The minimum atomic E-state index is -0.355. The predicted molar refractivity (Wildman–Crippen MR) is 152 cm³/mol. The summed E-state index contributed by atoms with van der Waals surface area (Å²) in [6.07, 6.45) is 1.79. The molecule has 4 aromatic carbocycles. The predicted octanol–water partition coefficient (Wildman–Crippen LogP) is 6.41. The standard InChI is InChI=1S/C34H32O6/c1-3-29(35)39-33-25-13-7-14-26(33)18-22-10-6-12-24(32(22)38)20-28-16-8-15-27(34(28)40-30(36)4-2)19-23-11-5-9-21(17-25)31(23)37/h5-16,37-38H,3-4,17-20H2,1-2H3. The van der Waals surface area contributed by atoms with Crippen LogP contribution >= 0.6 is 0 Å². The van der Waals surface area contributed by atoms with Crippen LogP contribution in [0.15, 0.2) is 72.8 Å². The average molecular weight is 537 g/mol. The van der Waals surface area contributed by atoms with E-state index in [-0.39, 0.29) is 36.3 Å². The lowest BCUT2D eigenvalue weighted by atomic mass is 9.91. The van der Waals surface area contributed by atoms with Gasteiger partial charge >= 0.3 is 11.9 Å². The molecule has 5 rings (SSSR count). The molecule has 0 atom stereocenters. The number of rotatable bonds is 4. The Morgan fingerprint density at radius 1 is 0.525 bits per heavy atom. The van der Waals surface area contributed by atoms with Gasteiger partial charge in [-0.3, -0.25) is 9.59 Å². The molecule has 0 unspecified atom stereocenters.